The third kappa shape index (κ3) is 4.65. The maximum atomic E-state index is 12.8. The van der Waals surface area contributed by atoms with Crippen molar-refractivity contribution >= 4 is 33.8 Å². The van der Waals surface area contributed by atoms with Crippen LogP contribution in [0.4, 0.5) is 16.4 Å². The van der Waals surface area contributed by atoms with Gasteiger partial charge in [0.25, 0.3) is 0 Å². The van der Waals surface area contributed by atoms with E-state index in [1.54, 1.807) is 30.6 Å². The Balaban J connectivity index is 1.64. The Bertz CT molecular complexity index is 937. The predicted octanol–water partition coefficient (Wildman–Crippen LogP) is 2.28. The van der Waals surface area contributed by atoms with Crippen molar-refractivity contribution in [3.63, 3.8) is 0 Å². The van der Waals surface area contributed by atoms with Gasteiger partial charge in [-0.25, -0.2) is 23.2 Å². The van der Waals surface area contributed by atoms with Crippen molar-refractivity contribution < 1.29 is 18.3 Å². The highest BCUT2D eigenvalue weighted by Crippen LogP contribution is 2.23. The molecule has 2 aromatic rings. The molecule has 0 unspecified atom stereocenters. The zero-order valence-corrected chi connectivity index (χ0v) is 15.9. The van der Waals surface area contributed by atoms with Crippen LogP contribution >= 0.6 is 0 Å². The number of aromatic nitrogens is 2. The summed E-state index contributed by atoms with van der Waals surface area (Å²) >= 11 is 0. The Hall–Kier alpha value is -2.98. The minimum atomic E-state index is -3.62. The van der Waals surface area contributed by atoms with Crippen molar-refractivity contribution in [3.8, 4) is 0 Å². The Morgan fingerprint density at radius 1 is 1.18 bits per heavy atom. The Morgan fingerprint density at radius 3 is 2.32 bits per heavy atom. The molecule has 2 heterocycles. The summed E-state index contributed by atoms with van der Waals surface area (Å²) in [5, 5.41) is 14.2. The van der Waals surface area contributed by atoms with Gasteiger partial charge in [-0.2, -0.15) is 4.31 Å². The van der Waals surface area contributed by atoms with Crippen LogP contribution in [-0.4, -0.2) is 53.0 Å². The highest BCUT2D eigenvalue weighted by atomic mass is 32.2. The number of amides is 1. The van der Waals surface area contributed by atoms with Gasteiger partial charge in [-0.15, -0.1) is 0 Å². The number of hydrogen-bond donors (Lipinski definition) is 3. The smallest absolute Gasteiger partial charge is 0.404 e. The number of carbonyl (C=O) groups is 1. The van der Waals surface area contributed by atoms with E-state index in [0.29, 0.717) is 24.5 Å². The molecular formula is C18H21N5O4S. The first-order valence-electron chi connectivity index (χ1n) is 8.69. The lowest BCUT2D eigenvalue weighted by Crippen LogP contribution is -2.46. The molecule has 10 heteroatoms. The SMILES string of the molecule is C=Cc1cnc(Nc2ccc(S(=O)(=O)N3CCC(NC(=O)O)CC3)cc2)nc1. The summed E-state index contributed by atoms with van der Waals surface area (Å²) in [5.41, 5.74) is 1.46. The third-order valence-corrected chi connectivity index (χ3v) is 6.35. The lowest BCUT2D eigenvalue weighted by atomic mass is 10.1. The maximum absolute atomic E-state index is 12.8. The van der Waals surface area contributed by atoms with Crippen molar-refractivity contribution in [1.82, 2.24) is 19.6 Å². The van der Waals surface area contributed by atoms with E-state index in [-0.39, 0.29) is 24.0 Å². The summed E-state index contributed by atoms with van der Waals surface area (Å²) in [4.78, 5) is 19.2. The van der Waals surface area contributed by atoms with Crippen LogP contribution in [-0.2, 0) is 10.0 Å². The number of sulfonamides is 1. The van der Waals surface area contributed by atoms with Gasteiger partial charge in [0.2, 0.25) is 16.0 Å². The molecular weight excluding hydrogens is 382 g/mol. The summed E-state index contributed by atoms with van der Waals surface area (Å²) in [6.45, 7) is 4.19. The average molecular weight is 403 g/mol. The van der Waals surface area contributed by atoms with E-state index in [4.69, 9.17) is 5.11 Å². The molecule has 1 fully saturated rings. The summed E-state index contributed by atoms with van der Waals surface area (Å²) in [7, 11) is -3.62. The van der Waals surface area contributed by atoms with Crippen molar-refractivity contribution in [2.24, 2.45) is 0 Å². The van der Waals surface area contributed by atoms with E-state index in [0.717, 1.165) is 5.56 Å². The largest absolute Gasteiger partial charge is 0.465 e. The van der Waals surface area contributed by atoms with Crippen LogP contribution < -0.4 is 10.6 Å². The quantitative estimate of drug-likeness (QED) is 0.676. The minimum absolute atomic E-state index is 0.186. The fourth-order valence-electron chi connectivity index (χ4n) is 2.91. The fraction of sp³-hybridized carbons (Fsp3) is 0.278. The van der Waals surface area contributed by atoms with Crippen molar-refractivity contribution in [3.05, 3.63) is 48.8 Å². The molecule has 0 atom stereocenters. The fourth-order valence-corrected chi connectivity index (χ4v) is 4.38. The first-order chi connectivity index (χ1) is 13.4. The van der Waals surface area contributed by atoms with Gasteiger partial charge in [0, 0.05) is 42.8 Å². The highest BCUT2D eigenvalue weighted by molar-refractivity contribution is 7.89. The van der Waals surface area contributed by atoms with Gasteiger partial charge in [-0.3, -0.25) is 0 Å². The summed E-state index contributed by atoms with van der Waals surface area (Å²) in [5.74, 6) is 0.397. The van der Waals surface area contributed by atoms with Gasteiger partial charge in [0.15, 0.2) is 0 Å². The number of hydrogen-bond acceptors (Lipinski definition) is 6. The van der Waals surface area contributed by atoms with Crippen LogP contribution in [0.15, 0.2) is 48.1 Å². The van der Waals surface area contributed by atoms with Crippen LogP contribution in [0.2, 0.25) is 0 Å². The van der Waals surface area contributed by atoms with Gasteiger partial charge < -0.3 is 15.7 Å². The third-order valence-electron chi connectivity index (χ3n) is 4.44. The van der Waals surface area contributed by atoms with E-state index < -0.39 is 16.1 Å². The molecule has 1 saturated heterocycles. The predicted molar refractivity (Wildman–Crippen MR) is 105 cm³/mol. The average Bonchev–Trinajstić information content (AvgIpc) is 2.69. The van der Waals surface area contributed by atoms with Crippen molar-refractivity contribution in [2.75, 3.05) is 18.4 Å². The first kappa shape index (κ1) is 19.8. The second kappa shape index (κ2) is 8.36. The highest BCUT2D eigenvalue weighted by Gasteiger charge is 2.29. The number of nitrogens with one attached hydrogen (secondary N) is 2. The number of piperidine rings is 1. The maximum Gasteiger partial charge on any atom is 0.404 e. The lowest BCUT2D eigenvalue weighted by Gasteiger charge is -2.31. The Kier molecular flexibility index (Phi) is 5.90. The number of nitrogens with zero attached hydrogens (tertiary/aromatic N) is 3. The van der Waals surface area contributed by atoms with Gasteiger partial charge in [-0.05, 0) is 37.1 Å². The minimum Gasteiger partial charge on any atom is -0.465 e. The molecule has 0 radical (unpaired) electrons. The molecule has 0 saturated carbocycles. The standard InChI is InChI=1S/C18H21N5O4S/c1-2-13-11-19-17(20-12-13)21-14-3-5-16(6-4-14)28(26,27)23-9-7-15(8-10-23)22-18(24)25/h2-6,11-12,15,22H,1,7-10H2,(H,24,25)(H,19,20,21). The molecule has 1 aromatic carbocycles. The molecule has 3 N–H and O–H groups in total. The monoisotopic (exact) mass is 403 g/mol. The van der Waals surface area contributed by atoms with Gasteiger partial charge in [0.1, 0.15) is 0 Å². The molecule has 1 aromatic heterocycles. The zero-order chi connectivity index (χ0) is 20.1. The topological polar surface area (TPSA) is 125 Å². The van der Waals surface area contributed by atoms with Crippen LogP contribution in [0, 0.1) is 0 Å². The first-order valence-corrected chi connectivity index (χ1v) is 10.1. The van der Waals surface area contributed by atoms with E-state index in [1.807, 2.05) is 0 Å². The number of anilines is 2. The summed E-state index contributed by atoms with van der Waals surface area (Å²) in [6.07, 6.45) is 4.71. The molecule has 0 spiro atoms. The van der Waals surface area contributed by atoms with Crippen LogP contribution in [0.25, 0.3) is 6.08 Å². The Morgan fingerprint density at radius 2 is 1.79 bits per heavy atom. The summed E-state index contributed by atoms with van der Waals surface area (Å²) < 4.78 is 27.0. The normalized spacial score (nSPS) is 15.7. The molecule has 28 heavy (non-hydrogen) atoms. The number of rotatable bonds is 6. The second-order valence-electron chi connectivity index (χ2n) is 6.32. The molecule has 1 aliphatic rings. The zero-order valence-electron chi connectivity index (χ0n) is 15.1. The second-order valence-corrected chi connectivity index (χ2v) is 8.26. The van der Waals surface area contributed by atoms with Gasteiger partial charge in [0.05, 0.1) is 4.90 Å². The number of benzene rings is 1. The van der Waals surface area contributed by atoms with E-state index in [9.17, 15) is 13.2 Å². The molecule has 1 amide bonds. The van der Waals surface area contributed by atoms with Crippen molar-refractivity contribution in [2.45, 2.75) is 23.8 Å². The summed E-state index contributed by atoms with van der Waals surface area (Å²) in [6, 6.07) is 6.13. The molecule has 3 rings (SSSR count). The van der Waals surface area contributed by atoms with E-state index in [2.05, 4.69) is 27.2 Å². The molecule has 0 bridgehead atoms. The number of carboxylic acid groups (broad SMARTS) is 1. The van der Waals surface area contributed by atoms with Crippen LogP contribution in [0.1, 0.15) is 18.4 Å². The van der Waals surface area contributed by atoms with Crippen LogP contribution in [0.3, 0.4) is 0 Å². The van der Waals surface area contributed by atoms with E-state index >= 15 is 0 Å². The van der Waals surface area contributed by atoms with Gasteiger partial charge >= 0.3 is 6.09 Å². The Labute approximate surface area is 163 Å². The van der Waals surface area contributed by atoms with Crippen LogP contribution in [0.5, 0.6) is 0 Å². The molecule has 9 nitrogen and oxygen atoms in total. The molecule has 148 valence electrons. The van der Waals surface area contributed by atoms with Crippen molar-refractivity contribution in [1.29, 1.82) is 0 Å². The lowest BCUT2D eigenvalue weighted by molar-refractivity contribution is 0.183. The molecule has 1 aliphatic heterocycles. The van der Waals surface area contributed by atoms with Gasteiger partial charge in [-0.1, -0.05) is 12.7 Å². The molecule has 0 aliphatic carbocycles. The van der Waals surface area contributed by atoms with E-state index in [1.165, 1.54) is 16.4 Å².